The lowest BCUT2D eigenvalue weighted by Crippen LogP contribution is -2.33. The molecule has 0 spiro atoms. The monoisotopic (exact) mass is 467 g/mol. The van der Waals surface area contributed by atoms with Crippen LogP contribution in [0.3, 0.4) is 0 Å². The number of aliphatic imine (C=N–C) groups is 1. The molecule has 0 saturated heterocycles. The van der Waals surface area contributed by atoms with Crippen molar-refractivity contribution in [2.75, 3.05) is 6.54 Å². The minimum absolute atomic E-state index is 0. The minimum Gasteiger partial charge on any atom is -0.370 e. The van der Waals surface area contributed by atoms with Crippen molar-refractivity contribution in [3.63, 3.8) is 0 Å². The SMILES string of the molecule is I.NC(=NCc1nccn1Cc1ccccc1)NCCc1cccs1. The zero-order chi connectivity index (χ0) is 16.6. The fourth-order valence-corrected chi connectivity index (χ4v) is 3.11. The molecular formula is C18H22IN5S. The van der Waals surface area contributed by atoms with E-state index in [-0.39, 0.29) is 24.0 Å². The summed E-state index contributed by atoms with van der Waals surface area (Å²) in [4.78, 5) is 10.1. The number of nitrogens with one attached hydrogen (secondary N) is 1. The summed E-state index contributed by atoms with van der Waals surface area (Å²) in [5, 5.41) is 5.23. The fourth-order valence-electron chi connectivity index (χ4n) is 2.40. The maximum Gasteiger partial charge on any atom is 0.189 e. The first-order valence-corrected chi connectivity index (χ1v) is 8.79. The molecule has 0 unspecified atom stereocenters. The third kappa shape index (κ3) is 6.17. The fraction of sp³-hybridized carbons (Fsp3) is 0.222. The van der Waals surface area contributed by atoms with Gasteiger partial charge in [0.1, 0.15) is 12.4 Å². The predicted molar refractivity (Wildman–Crippen MR) is 115 cm³/mol. The molecule has 2 aromatic heterocycles. The van der Waals surface area contributed by atoms with E-state index in [1.54, 1.807) is 17.5 Å². The van der Waals surface area contributed by atoms with Gasteiger partial charge in [-0.05, 0) is 23.4 Å². The van der Waals surface area contributed by atoms with Crippen molar-refractivity contribution in [1.29, 1.82) is 0 Å². The van der Waals surface area contributed by atoms with Gasteiger partial charge in [-0.1, -0.05) is 36.4 Å². The van der Waals surface area contributed by atoms with Gasteiger partial charge in [0, 0.05) is 30.4 Å². The molecule has 132 valence electrons. The van der Waals surface area contributed by atoms with Gasteiger partial charge in [0.15, 0.2) is 5.96 Å². The second-order valence-corrected chi connectivity index (χ2v) is 6.45. The lowest BCUT2D eigenvalue weighted by atomic mass is 10.2. The summed E-state index contributed by atoms with van der Waals surface area (Å²) in [7, 11) is 0. The number of aromatic nitrogens is 2. The van der Waals surface area contributed by atoms with Gasteiger partial charge in [-0.2, -0.15) is 0 Å². The predicted octanol–water partition coefficient (Wildman–Crippen LogP) is 3.26. The van der Waals surface area contributed by atoms with E-state index in [1.807, 2.05) is 24.4 Å². The summed E-state index contributed by atoms with van der Waals surface area (Å²) in [5.74, 6) is 1.36. The van der Waals surface area contributed by atoms with Crippen LogP contribution in [0.5, 0.6) is 0 Å². The quantitative estimate of drug-likeness (QED) is 0.319. The number of hydrogen-bond acceptors (Lipinski definition) is 3. The highest BCUT2D eigenvalue weighted by Gasteiger charge is 2.03. The summed E-state index contributed by atoms with van der Waals surface area (Å²) in [5.41, 5.74) is 7.18. The summed E-state index contributed by atoms with van der Waals surface area (Å²) in [6, 6.07) is 14.5. The molecule has 0 fully saturated rings. The molecular weight excluding hydrogens is 445 g/mol. The second kappa shape index (κ2) is 10.2. The Bertz CT molecular complexity index is 768. The Labute approximate surface area is 169 Å². The van der Waals surface area contributed by atoms with Gasteiger partial charge in [0.05, 0.1) is 0 Å². The Morgan fingerprint density at radius 2 is 2.04 bits per heavy atom. The van der Waals surface area contributed by atoms with Gasteiger partial charge in [0.2, 0.25) is 0 Å². The Balaban J connectivity index is 0.00000225. The maximum atomic E-state index is 5.94. The highest BCUT2D eigenvalue weighted by molar-refractivity contribution is 14.0. The third-order valence-corrected chi connectivity index (χ3v) is 4.58. The number of thiophene rings is 1. The smallest absolute Gasteiger partial charge is 0.189 e. The molecule has 0 bridgehead atoms. The first-order valence-electron chi connectivity index (χ1n) is 7.91. The molecule has 0 atom stereocenters. The van der Waals surface area contributed by atoms with Gasteiger partial charge in [-0.3, -0.25) is 0 Å². The van der Waals surface area contributed by atoms with Crippen molar-refractivity contribution in [2.45, 2.75) is 19.5 Å². The second-order valence-electron chi connectivity index (χ2n) is 5.41. The Morgan fingerprint density at radius 3 is 2.80 bits per heavy atom. The molecule has 7 heteroatoms. The summed E-state index contributed by atoms with van der Waals surface area (Å²) in [6.07, 6.45) is 4.73. The number of benzene rings is 1. The van der Waals surface area contributed by atoms with Gasteiger partial charge < -0.3 is 15.6 Å². The van der Waals surface area contributed by atoms with Crippen LogP contribution in [0, 0.1) is 0 Å². The van der Waals surface area contributed by atoms with Crippen molar-refractivity contribution < 1.29 is 0 Å². The third-order valence-electron chi connectivity index (χ3n) is 3.65. The maximum absolute atomic E-state index is 5.94. The summed E-state index contributed by atoms with van der Waals surface area (Å²) < 4.78 is 2.10. The van der Waals surface area contributed by atoms with Crippen molar-refractivity contribution in [2.24, 2.45) is 10.7 Å². The van der Waals surface area contributed by atoms with E-state index in [0.717, 1.165) is 25.3 Å². The number of halogens is 1. The topological polar surface area (TPSA) is 68.2 Å². The molecule has 3 rings (SSSR count). The van der Waals surface area contributed by atoms with Crippen molar-refractivity contribution in [3.8, 4) is 0 Å². The van der Waals surface area contributed by atoms with Crippen LogP contribution < -0.4 is 11.1 Å². The molecule has 0 aliphatic rings. The average molecular weight is 467 g/mol. The lowest BCUT2D eigenvalue weighted by molar-refractivity contribution is 0.721. The van der Waals surface area contributed by atoms with Crippen LogP contribution in [0.1, 0.15) is 16.3 Å². The van der Waals surface area contributed by atoms with E-state index < -0.39 is 0 Å². The normalized spacial score (nSPS) is 11.1. The van der Waals surface area contributed by atoms with Gasteiger partial charge >= 0.3 is 0 Å². The molecule has 0 aliphatic carbocycles. The lowest BCUT2D eigenvalue weighted by Gasteiger charge is -2.08. The minimum atomic E-state index is 0. The summed E-state index contributed by atoms with van der Waals surface area (Å²) >= 11 is 1.75. The largest absolute Gasteiger partial charge is 0.370 e. The molecule has 5 nitrogen and oxygen atoms in total. The molecule has 3 aromatic rings. The van der Waals surface area contributed by atoms with E-state index in [9.17, 15) is 0 Å². The number of guanidine groups is 1. The standard InChI is InChI=1S/C18H21N5S.HI/c19-18(21-9-8-16-7-4-12-24-16)22-13-17-20-10-11-23(17)14-15-5-2-1-3-6-15;/h1-7,10-12H,8-9,13-14H2,(H3,19,21,22);1H. The van der Waals surface area contributed by atoms with Gasteiger partial charge in [-0.15, -0.1) is 35.3 Å². The van der Waals surface area contributed by atoms with E-state index in [0.29, 0.717) is 12.5 Å². The van der Waals surface area contributed by atoms with Crippen LogP contribution in [0.25, 0.3) is 0 Å². The number of hydrogen-bond donors (Lipinski definition) is 2. The first kappa shape index (κ1) is 19.5. The van der Waals surface area contributed by atoms with E-state index in [4.69, 9.17) is 5.73 Å². The van der Waals surface area contributed by atoms with Crippen LogP contribution in [-0.4, -0.2) is 22.1 Å². The highest BCUT2D eigenvalue weighted by Crippen LogP contribution is 2.08. The van der Waals surface area contributed by atoms with E-state index >= 15 is 0 Å². The van der Waals surface area contributed by atoms with Crippen LogP contribution in [0.15, 0.2) is 65.2 Å². The first-order chi connectivity index (χ1) is 11.8. The van der Waals surface area contributed by atoms with E-state index in [1.165, 1.54) is 10.4 Å². The van der Waals surface area contributed by atoms with E-state index in [2.05, 4.69) is 49.5 Å². The van der Waals surface area contributed by atoms with Crippen LogP contribution in [0.2, 0.25) is 0 Å². The summed E-state index contributed by atoms with van der Waals surface area (Å²) in [6.45, 7) is 2.05. The Kier molecular flexibility index (Phi) is 7.93. The molecule has 0 aliphatic heterocycles. The number of imidazole rings is 1. The van der Waals surface area contributed by atoms with Gasteiger partial charge in [0.25, 0.3) is 0 Å². The van der Waals surface area contributed by atoms with Crippen molar-refractivity contribution in [1.82, 2.24) is 14.9 Å². The van der Waals surface area contributed by atoms with Crippen LogP contribution in [0.4, 0.5) is 0 Å². The average Bonchev–Trinajstić information content (AvgIpc) is 3.26. The zero-order valence-corrected chi connectivity index (χ0v) is 17.0. The number of rotatable bonds is 7. The molecule has 0 radical (unpaired) electrons. The van der Waals surface area contributed by atoms with Crippen molar-refractivity contribution in [3.05, 3.63) is 76.5 Å². The molecule has 25 heavy (non-hydrogen) atoms. The zero-order valence-electron chi connectivity index (χ0n) is 13.8. The number of nitrogens with two attached hydrogens (primary N) is 1. The highest BCUT2D eigenvalue weighted by atomic mass is 127. The molecule has 2 heterocycles. The Morgan fingerprint density at radius 1 is 1.20 bits per heavy atom. The van der Waals surface area contributed by atoms with Gasteiger partial charge in [-0.25, -0.2) is 9.98 Å². The van der Waals surface area contributed by atoms with Crippen molar-refractivity contribution >= 4 is 41.3 Å². The Hall–Kier alpha value is -1.87. The van der Waals surface area contributed by atoms with Crippen LogP contribution >= 0.6 is 35.3 Å². The molecule has 1 aromatic carbocycles. The molecule has 0 saturated carbocycles. The molecule has 0 amide bonds. The molecule has 3 N–H and O–H groups in total. The number of nitrogens with zero attached hydrogens (tertiary/aromatic N) is 3. The van der Waals surface area contributed by atoms with Crippen LogP contribution in [-0.2, 0) is 19.5 Å².